The Bertz CT molecular complexity index is 196. The van der Waals surface area contributed by atoms with E-state index < -0.39 is 0 Å². The van der Waals surface area contributed by atoms with Gasteiger partial charge in [0, 0.05) is 20.3 Å². The Kier molecular flexibility index (Phi) is 10.2. The van der Waals surface area contributed by atoms with Crippen molar-refractivity contribution in [3.63, 3.8) is 0 Å². The van der Waals surface area contributed by atoms with E-state index in [-0.39, 0.29) is 11.9 Å². The van der Waals surface area contributed by atoms with E-state index >= 15 is 0 Å². The van der Waals surface area contributed by atoms with Gasteiger partial charge in [-0.1, -0.05) is 13.8 Å². The highest BCUT2D eigenvalue weighted by Crippen LogP contribution is 1.95. The first kappa shape index (κ1) is 16.4. The van der Waals surface area contributed by atoms with Crippen LogP contribution in [0.4, 0.5) is 0 Å². The highest BCUT2D eigenvalue weighted by atomic mass is 16.5. The fourth-order valence-electron chi connectivity index (χ4n) is 1.42. The number of unbranched alkanes of at least 4 members (excludes halogenated alkanes) is 2. The normalized spacial score (nSPS) is 12.8. The molecular weight excluding hydrogens is 216 g/mol. The third kappa shape index (κ3) is 10.3. The molecule has 0 bridgehead atoms. The summed E-state index contributed by atoms with van der Waals surface area (Å²) in [4.78, 5) is 11.6. The lowest BCUT2D eigenvalue weighted by Crippen LogP contribution is -2.43. The Hall–Kier alpha value is -0.610. The predicted molar refractivity (Wildman–Crippen MR) is 71.0 cm³/mol. The minimum atomic E-state index is -0.101. The number of carbonyl (C=O) groups is 1. The molecule has 0 aromatic rings. The maximum Gasteiger partial charge on any atom is 0.236 e. The van der Waals surface area contributed by atoms with Gasteiger partial charge in [0.25, 0.3) is 0 Å². The lowest BCUT2D eigenvalue weighted by atomic mass is 10.2. The zero-order valence-corrected chi connectivity index (χ0v) is 11.7. The molecule has 0 saturated heterocycles. The van der Waals surface area contributed by atoms with E-state index in [0.29, 0.717) is 5.92 Å². The molecule has 0 rings (SSSR count). The molecule has 0 aromatic heterocycles. The van der Waals surface area contributed by atoms with Gasteiger partial charge < -0.3 is 15.4 Å². The topological polar surface area (TPSA) is 50.4 Å². The number of hydrogen-bond donors (Lipinski definition) is 2. The Labute approximate surface area is 105 Å². The van der Waals surface area contributed by atoms with Crippen LogP contribution in [0.2, 0.25) is 0 Å². The van der Waals surface area contributed by atoms with Crippen molar-refractivity contribution in [2.24, 2.45) is 5.92 Å². The molecule has 2 N–H and O–H groups in total. The van der Waals surface area contributed by atoms with E-state index in [0.717, 1.165) is 39.0 Å². The minimum Gasteiger partial charge on any atom is -0.385 e. The molecule has 1 unspecified atom stereocenters. The number of nitrogens with one attached hydrogen (secondary N) is 2. The molecule has 0 aliphatic rings. The quantitative estimate of drug-likeness (QED) is 0.573. The van der Waals surface area contributed by atoms with Gasteiger partial charge in [0.2, 0.25) is 5.91 Å². The lowest BCUT2D eigenvalue weighted by molar-refractivity contribution is -0.122. The highest BCUT2D eigenvalue weighted by Gasteiger charge is 2.11. The van der Waals surface area contributed by atoms with Crippen LogP contribution in [0.3, 0.4) is 0 Å². The third-order valence-electron chi connectivity index (χ3n) is 2.55. The molecule has 0 aliphatic heterocycles. The minimum absolute atomic E-state index is 0.0931. The summed E-state index contributed by atoms with van der Waals surface area (Å²) in [5, 5.41) is 6.15. The first-order chi connectivity index (χ1) is 8.07. The first-order valence-corrected chi connectivity index (χ1v) is 6.58. The number of carbonyl (C=O) groups excluding carboxylic acids is 1. The van der Waals surface area contributed by atoms with Gasteiger partial charge in [-0.15, -0.1) is 0 Å². The van der Waals surface area contributed by atoms with Gasteiger partial charge in [-0.3, -0.25) is 4.79 Å². The maximum absolute atomic E-state index is 11.6. The van der Waals surface area contributed by atoms with Gasteiger partial charge in [0.15, 0.2) is 0 Å². The second-order valence-corrected chi connectivity index (χ2v) is 4.87. The molecule has 1 atom stereocenters. The molecule has 0 aliphatic carbocycles. The fraction of sp³-hybridized carbons (Fsp3) is 0.923. The van der Waals surface area contributed by atoms with Crippen LogP contribution in [-0.4, -0.2) is 38.8 Å². The molecule has 0 spiro atoms. The molecular formula is C13H28N2O2. The van der Waals surface area contributed by atoms with Gasteiger partial charge in [-0.25, -0.2) is 0 Å². The Balaban J connectivity index is 3.44. The molecule has 1 amide bonds. The second-order valence-electron chi connectivity index (χ2n) is 4.87. The van der Waals surface area contributed by atoms with Crippen molar-refractivity contribution in [3.8, 4) is 0 Å². The van der Waals surface area contributed by atoms with Crippen molar-refractivity contribution in [1.29, 1.82) is 0 Å². The average Bonchev–Trinajstić information content (AvgIpc) is 2.30. The molecule has 0 fully saturated rings. The SMILES string of the molecule is COCCCCCNC(C)C(=O)NCC(C)C. The van der Waals surface area contributed by atoms with Crippen LogP contribution in [0.15, 0.2) is 0 Å². The zero-order valence-electron chi connectivity index (χ0n) is 11.7. The average molecular weight is 244 g/mol. The summed E-state index contributed by atoms with van der Waals surface area (Å²) in [6.07, 6.45) is 3.32. The molecule has 0 heterocycles. The van der Waals surface area contributed by atoms with Crippen molar-refractivity contribution < 1.29 is 9.53 Å². The standard InChI is InChI=1S/C13H28N2O2/c1-11(2)10-15-13(16)12(3)14-8-6-5-7-9-17-4/h11-12,14H,5-10H2,1-4H3,(H,15,16). The first-order valence-electron chi connectivity index (χ1n) is 6.58. The van der Waals surface area contributed by atoms with E-state index in [1.807, 2.05) is 6.92 Å². The summed E-state index contributed by atoms with van der Waals surface area (Å²) >= 11 is 0. The Morgan fingerprint density at radius 2 is 1.88 bits per heavy atom. The summed E-state index contributed by atoms with van der Waals surface area (Å²) in [6.45, 7) is 8.55. The van der Waals surface area contributed by atoms with E-state index in [9.17, 15) is 4.79 Å². The van der Waals surface area contributed by atoms with Gasteiger partial charge in [-0.05, 0) is 38.6 Å². The summed E-state index contributed by atoms with van der Waals surface area (Å²) in [7, 11) is 1.72. The van der Waals surface area contributed by atoms with Gasteiger partial charge in [-0.2, -0.15) is 0 Å². The van der Waals surface area contributed by atoms with Crippen LogP contribution in [0.5, 0.6) is 0 Å². The van der Waals surface area contributed by atoms with Crippen molar-refractivity contribution in [1.82, 2.24) is 10.6 Å². The van der Waals surface area contributed by atoms with Gasteiger partial charge in [0.1, 0.15) is 0 Å². The number of ether oxygens (including phenoxy) is 1. The van der Waals surface area contributed by atoms with Crippen LogP contribution in [0.1, 0.15) is 40.0 Å². The van der Waals surface area contributed by atoms with E-state index in [1.165, 1.54) is 0 Å². The van der Waals surface area contributed by atoms with Crippen LogP contribution < -0.4 is 10.6 Å². The van der Waals surface area contributed by atoms with Gasteiger partial charge in [0.05, 0.1) is 6.04 Å². The van der Waals surface area contributed by atoms with Crippen molar-refractivity contribution >= 4 is 5.91 Å². The highest BCUT2D eigenvalue weighted by molar-refractivity contribution is 5.81. The monoisotopic (exact) mass is 244 g/mol. The van der Waals surface area contributed by atoms with Crippen molar-refractivity contribution in [3.05, 3.63) is 0 Å². The molecule has 4 nitrogen and oxygen atoms in total. The number of amides is 1. The molecule has 0 radical (unpaired) electrons. The van der Waals surface area contributed by atoms with Crippen LogP contribution in [0.25, 0.3) is 0 Å². The Morgan fingerprint density at radius 1 is 1.18 bits per heavy atom. The number of rotatable bonds is 10. The smallest absolute Gasteiger partial charge is 0.236 e. The van der Waals surface area contributed by atoms with E-state index in [2.05, 4.69) is 24.5 Å². The number of hydrogen-bond acceptors (Lipinski definition) is 3. The lowest BCUT2D eigenvalue weighted by Gasteiger charge is -2.15. The molecule has 0 saturated carbocycles. The van der Waals surface area contributed by atoms with E-state index in [4.69, 9.17) is 4.74 Å². The third-order valence-corrected chi connectivity index (χ3v) is 2.55. The Morgan fingerprint density at radius 3 is 2.47 bits per heavy atom. The fourth-order valence-corrected chi connectivity index (χ4v) is 1.42. The maximum atomic E-state index is 11.6. The zero-order chi connectivity index (χ0) is 13.1. The van der Waals surface area contributed by atoms with Crippen molar-refractivity contribution in [2.45, 2.75) is 46.1 Å². The molecule has 102 valence electrons. The molecule has 17 heavy (non-hydrogen) atoms. The molecule has 0 aromatic carbocycles. The van der Waals surface area contributed by atoms with Crippen molar-refractivity contribution in [2.75, 3.05) is 26.8 Å². The summed E-state index contributed by atoms with van der Waals surface area (Å²) in [5.41, 5.74) is 0. The summed E-state index contributed by atoms with van der Waals surface area (Å²) < 4.78 is 4.98. The van der Waals surface area contributed by atoms with Crippen LogP contribution in [0, 0.1) is 5.92 Å². The molecule has 4 heteroatoms. The largest absolute Gasteiger partial charge is 0.385 e. The van der Waals surface area contributed by atoms with Gasteiger partial charge >= 0.3 is 0 Å². The van der Waals surface area contributed by atoms with Crippen LogP contribution in [-0.2, 0) is 9.53 Å². The van der Waals surface area contributed by atoms with Crippen LogP contribution >= 0.6 is 0 Å². The van der Waals surface area contributed by atoms with E-state index in [1.54, 1.807) is 7.11 Å². The summed E-state index contributed by atoms with van der Waals surface area (Å²) in [6, 6.07) is -0.101. The second kappa shape index (κ2) is 10.5. The summed E-state index contributed by atoms with van der Waals surface area (Å²) in [5.74, 6) is 0.593. The predicted octanol–water partition coefficient (Wildman–Crippen LogP) is 1.55. The number of methoxy groups -OCH3 is 1.